The molecule has 1 aliphatic heterocycles. The maximum absolute atomic E-state index is 9.59. The molecular formula is C11H18O2. The molecule has 2 aliphatic rings. The molecule has 2 fully saturated rings. The van der Waals surface area contributed by atoms with Gasteiger partial charge in [-0.1, -0.05) is 11.6 Å². The second kappa shape index (κ2) is 4.25. The van der Waals surface area contributed by atoms with Crippen LogP contribution in [0.5, 0.6) is 0 Å². The van der Waals surface area contributed by atoms with Gasteiger partial charge in [-0.2, -0.15) is 0 Å². The standard InChI is InChI=1S/C11H18O2/c12-10(8-9-3-4-9)5-6-11-2-1-7-13-11/h8,10-12H,1-7H2. The lowest BCUT2D eigenvalue weighted by Crippen LogP contribution is -2.10. The van der Waals surface area contributed by atoms with Crippen molar-refractivity contribution in [3.63, 3.8) is 0 Å². The van der Waals surface area contributed by atoms with Gasteiger partial charge in [0.05, 0.1) is 12.2 Å². The van der Waals surface area contributed by atoms with Crippen LogP contribution in [-0.4, -0.2) is 23.9 Å². The predicted octanol–water partition coefficient (Wildman–Crippen LogP) is 2.03. The Bertz CT molecular complexity index is 186. The van der Waals surface area contributed by atoms with E-state index in [1.807, 2.05) is 6.08 Å². The van der Waals surface area contributed by atoms with E-state index in [4.69, 9.17) is 4.74 Å². The molecular weight excluding hydrogens is 164 g/mol. The molecule has 2 nitrogen and oxygen atoms in total. The van der Waals surface area contributed by atoms with Crippen LogP contribution in [0.4, 0.5) is 0 Å². The van der Waals surface area contributed by atoms with E-state index < -0.39 is 0 Å². The summed E-state index contributed by atoms with van der Waals surface area (Å²) in [5.74, 6) is 0. The van der Waals surface area contributed by atoms with Crippen molar-refractivity contribution in [2.45, 2.75) is 50.7 Å². The van der Waals surface area contributed by atoms with E-state index in [1.54, 1.807) is 0 Å². The minimum atomic E-state index is -0.221. The number of hydrogen-bond acceptors (Lipinski definition) is 2. The highest BCUT2D eigenvalue weighted by molar-refractivity contribution is 5.17. The Morgan fingerprint density at radius 2 is 2.38 bits per heavy atom. The Balaban J connectivity index is 1.63. The van der Waals surface area contributed by atoms with E-state index in [0.29, 0.717) is 6.10 Å². The molecule has 2 heteroatoms. The maximum atomic E-state index is 9.59. The fourth-order valence-corrected chi connectivity index (χ4v) is 1.82. The van der Waals surface area contributed by atoms with E-state index in [0.717, 1.165) is 19.4 Å². The topological polar surface area (TPSA) is 29.5 Å². The highest BCUT2D eigenvalue weighted by Gasteiger charge is 2.17. The van der Waals surface area contributed by atoms with Crippen molar-refractivity contribution < 1.29 is 9.84 Å². The van der Waals surface area contributed by atoms with Crippen molar-refractivity contribution >= 4 is 0 Å². The Labute approximate surface area is 79.6 Å². The predicted molar refractivity (Wildman–Crippen MR) is 51.5 cm³/mol. The normalized spacial score (nSPS) is 29.0. The zero-order chi connectivity index (χ0) is 9.10. The van der Waals surface area contributed by atoms with Crippen molar-refractivity contribution in [2.75, 3.05) is 6.61 Å². The average molecular weight is 182 g/mol. The molecule has 2 unspecified atom stereocenters. The Kier molecular flexibility index (Phi) is 3.01. The number of allylic oxidation sites excluding steroid dienone is 1. The quantitative estimate of drug-likeness (QED) is 0.674. The van der Waals surface area contributed by atoms with Gasteiger partial charge in [0.15, 0.2) is 0 Å². The van der Waals surface area contributed by atoms with Gasteiger partial charge in [-0.15, -0.1) is 0 Å². The fraction of sp³-hybridized carbons (Fsp3) is 0.818. The summed E-state index contributed by atoms with van der Waals surface area (Å²) in [4.78, 5) is 0. The van der Waals surface area contributed by atoms with Crippen molar-refractivity contribution in [3.05, 3.63) is 11.6 Å². The van der Waals surface area contributed by atoms with E-state index in [-0.39, 0.29) is 6.10 Å². The first-order valence-corrected chi connectivity index (χ1v) is 5.34. The minimum Gasteiger partial charge on any atom is -0.389 e. The molecule has 13 heavy (non-hydrogen) atoms. The van der Waals surface area contributed by atoms with Crippen LogP contribution in [0, 0.1) is 0 Å². The summed E-state index contributed by atoms with van der Waals surface area (Å²) >= 11 is 0. The summed E-state index contributed by atoms with van der Waals surface area (Å²) in [7, 11) is 0. The summed E-state index contributed by atoms with van der Waals surface area (Å²) in [5.41, 5.74) is 1.43. The molecule has 1 heterocycles. The molecule has 0 aromatic carbocycles. The smallest absolute Gasteiger partial charge is 0.0724 e. The minimum absolute atomic E-state index is 0.221. The monoisotopic (exact) mass is 182 g/mol. The fourth-order valence-electron chi connectivity index (χ4n) is 1.82. The van der Waals surface area contributed by atoms with Crippen LogP contribution < -0.4 is 0 Å². The van der Waals surface area contributed by atoms with Gasteiger partial charge in [0.25, 0.3) is 0 Å². The third kappa shape index (κ3) is 3.12. The average Bonchev–Trinajstić information content (AvgIpc) is 2.78. The summed E-state index contributed by atoms with van der Waals surface area (Å²) in [5, 5.41) is 9.59. The Hall–Kier alpha value is -0.340. The van der Waals surface area contributed by atoms with Gasteiger partial charge >= 0.3 is 0 Å². The molecule has 0 aromatic heterocycles. The van der Waals surface area contributed by atoms with Crippen LogP contribution in [0.3, 0.4) is 0 Å². The van der Waals surface area contributed by atoms with Gasteiger partial charge in [-0.3, -0.25) is 0 Å². The second-order valence-electron chi connectivity index (χ2n) is 4.10. The third-order valence-corrected chi connectivity index (χ3v) is 2.78. The number of hydrogen-bond donors (Lipinski definition) is 1. The molecule has 1 N–H and O–H groups in total. The van der Waals surface area contributed by atoms with Gasteiger partial charge in [-0.25, -0.2) is 0 Å². The Morgan fingerprint density at radius 1 is 1.54 bits per heavy atom. The van der Waals surface area contributed by atoms with Crippen molar-refractivity contribution in [1.82, 2.24) is 0 Å². The largest absolute Gasteiger partial charge is 0.389 e. The molecule has 2 rings (SSSR count). The van der Waals surface area contributed by atoms with Crippen LogP contribution in [0.15, 0.2) is 11.6 Å². The van der Waals surface area contributed by atoms with E-state index in [9.17, 15) is 5.11 Å². The van der Waals surface area contributed by atoms with Crippen LogP contribution in [-0.2, 0) is 4.74 Å². The molecule has 2 atom stereocenters. The van der Waals surface area contributed by atoms with E-state index in [1.165, 1.54) is 31.3 Å². The molecule has 0 aromatic rings. The molecule has 74 valence electrons. The maximum Gasteiger partial charge on any atom is 0.0724 e. The van der Waals surface area contributed by atoms with Crippen LogP contribution in [0.1, 0.15) is 38.5 Å². The highest BCUT2D eigenvalue weighted by Crippen LogP contribution is 2.28. The molecule has 0 radical (unpaired) electrons. The summed E-state index contributed by atoms with van der Waals surface area (Å²) in [6.45, 7) is 0.919. The van der Waals surface area contributed by atoms with E-state index in [2.05, 4.69) is 0 Å². The first kappa shape index (κ1) is 9.22. The first-order valence-electron chi connectivity index (χ1n) is 5.34. The Morgan fingerprint density at radius 3 is 3.00 bits per heavy atom. The van der Waals surface area contributed by atoms with Crippen molar-refractivity contribution in [3.8, 4) is 0 Å². The summed E-state index contributed by atoms with van der Waals surface area (Å²) < 4.78 is 5.49. The lowest BCUT2D eigenvalue weighted by atomic mass is 10.1. The molecule has 0 amide bonds. The van der Waals surface area contributed by atoms with Crippen molar-refractivity contribution in [2.24, 2.45) is 0 Å². The van der Waals surface area contributed by atoms with Crippen LogP contribution in [0.25, 0.3) is 0 Å². The lowest BCUT2D eigenvalue weighted by molar-refractivity contribution is 0.0896. The molecule has 0 bridgehead atoms. The number of aliphatic hydroxyl groups is 1. The van der Waals surface area contributed by atoms with Gasteiger partial charge in [0.2, 0.25) is 0 Å². The van der Waals surface area contributed by atoms with Gasteiger partial charge in [0.1, 0.15) is 0 Å². The molecule has 1 saturated heterocycles. The molecule has 1 aliphatic carbocycles. The van der Waals surface area contributed by atoms with Crippen molar-refractivity contribution in [1.29, 1.82) is 0 Å². The number of ether oxygens (including phenoxy) is 1. The third-order valence-electron chi connectivity index (χ3n) is 2.78. The zero-order valence-corrected chi connectivity index (χ0v) is 8.04. The lowest BCUT2D eigenvalue weighted by Gasteiger charge is -2.10. The van der Waals surface area contributed by atoms with Crippen LogP contribution in [0.2, 0.25) is 0 Å². The highest BCUT2D eigenvalue weighted by atomic mass is 16.5. The number of rotatable bonds is 4. The SMILES string of the molecule is OC(C=C1CC1)CCC1CCCO1. The van der Waals surface area contributed by atoms with Crippen LogP contribution >= 0.6 is 0 Å². The number of aliphatic hydroxyl groups excluding tert-OH is 1. The summed E-state index contributed by atoms with van der Waals surface area (Å²) in [6.07, 6.45) is 8.90. The van der Waals surface area contributed by atoms with E-state index >= 15 is 0 Å². The van der Waals surface area contributed by atoms with Gasteiger partial charge in [0, 0.05) is 6.61 Å². The van der Waals surface area contributed by atoms with Gasteiger partial charge in [-0.05, 0) is 38.5 Å². The second-order valence-corrected chi connectivity index (χ2v) is 4.10. The van der Waals surface area contributed by atoms with Gasteiger partial charge < -0.3 is 9.84 Å². The first-order chi connectivity index (χ1) is 6.34. The summed E-state index contributed by atoms with van der Waals surface area (Å²) in [6, 6.07) is 0. The molecule has 1 saturated carbocycles. The molecule has 0 spiro atoms. The zero-order valence-electron chi connectivity index (χ0n) is 8.04.